The van der Waals surface area contributed by atoms with E-state index in [-0.39, 0.29) is 17.0 Å². The summed E-state index contributed by atoms with van der Waals surface area (Å²) in [7, 11) is 0. The van der Waals surface area contributed by atoms with Crippen LogP contribution in [0.5, 0.6) is 0 Å². The first kappa shape index (κ1) is 14.8. The molecule has 1 aromatic carbocycles. The number of rotatable bonds is 2. The minimum absolute atomic E-state index is 0.0214. The van der Waals surface area contributed by atoms with E-state index < -0.39 is 12.0 Å². The summed E-state index contributed by atoms with van der Waals surface area (Å²) in [6.07, 6.45) is 4.60. The predicted molar refractivity (Wildman–Crippen MR) is 93.2 cm³/mol. The number of benzene rings is 1. The molecule has 7 heteroatoms. The van der Waals surface area contributed by atoms with Crippen molar-refractivity contribution in [2.75, 3.05) is 0 Å². The summed E-state index contributed by atoms with van der Waals surface area (Å²) in [4.78, 5) is 21.0. The van der Waals surface area contributed by atoms with Crippen molar-refractivity contribution in [3.63, 3.8) is 0 Å². The smallest absolute Gasteiger partial charge is 0.277 e. The van der Waals surface area contributed by atoms with Crippen LogP contribution in [-0.2, 0) is 6.42 Å². The van der Waals surface area contributed by atoms with Crippen molar-refractivity contribution >= 4 is 17.2 Å². The lowest BCUT2D eigenvalue weighted by Gasteiger charge is -2.33. The highest BCUT2D eigenvalue weighted by Crippen LogP contribution is 2.50. The molecule has 1 amide bonds. The highest BCUT2D eigenvalue weighted by Gasteiger charge is 2.42. The van der Waals surface area contributed by atoms with Gasteiger partial charge in [-0.15, -0.1) is 11.3 Å². The van der Waals surface area contributed by atoms with Gasteiger partial charge in [-0.1, -0.05) is 24.3 Å². The monoisotopic (exact) mass is 352 g/mol. The van der Waals surface area contributed by atoms with Crippen molar-refractivity contribution in [3.8, 4) is 11.3 Å². The summed E-state index contributed by atoms with van der Waals surface area (Å²) in [5, 5.41) is 11.3. The van der Waals surface area contributed by atoms with E-state index in [2.05, 4.69) is 26.7 Å². The van der Waals surface area contributed by atoms with Crippen LogP contribution in [0, 0.1) is 5.92 Å². The number of imidazole rings is 1. The van der Waals surface area contributed by atoms with E-state index in [0.29, 0.717) is 5.69 Å². The molecule has 2 aromatic heterocycles. The van der Waals surface area contributed by atoms with E-state index in [1.54, 1.807) is 0 Å². The number of nitrogens with zero attached hydrogens (tertiary/aromatic N) is 3. The van der Waals surface area contributed by atoms with Gasteiger partial charge in [0.2, 0.25) is 0 Å². The molecular weight excluding hydrogens is 336 g/mol. The average Bonchev–Trinajstić information content (AvgIpc) is 3.29. The topological polar surface area (TPSA) is 94.0 Å². The number of aryl methyl sites for hydroxylation is 1. The second kappa shape index (κ2) is 5.24. The van der Waals surface area contributed by atoms with E-state index >= 15 is 0 Å². The SMILES string of the molecule is NC(=O)c1nc2c(s1)CC[C@H]([C@H]1c3ccccc3-c3cncn31)[C@@H]2O. The molecule has 3 atom stereocenters. The lowest BCUT2D eigenvalue weighted by atomic mass is 9.80. The molecule has 0 saturated heterocycles. The first-order valence-electron chi connectivity index (χ1n) is 8.23. The molecule has 0 saturated carbocycles. The minimum Gasteiger partial charge on any atom is -0.386 e. The number of aliphatic hydroxyl groups is 1. The summed E-state index contributed by atoms with van der Waals surface area (Å²) in [5.74, 6) is -0.557. The van der Waals surface area contributed by atoms with Gasteiger partial charge in [-0.05, 0) is 18.4 Å². The molecule has 5 rings (SSSR count). The van der Waals surface area contributed by atoms with Crippen LogP contribution >= 0.6 is 11.3 Å². The first-order valence-corrected chi connectivity index (χ1v) is 9.05. The van der Waals surface area contributed by atoms with Gasteiger partial charge in [-0.25, -0.2) is 9.97 Å². The maximum atomic E-state index is 11.4. The Morgan fingerprint density at radius 3 is 3.04 bits per heavy atom. The van der Waals surface area contributed by atoms with Crippen LogP contribution in [0.3, 0.4) is 0 Å². The van der Waals surface area contributed by atoms with Crippen LogP contribution in [0.15, 0.2) is 36.8 Å². The second-order valence-electron chi connectivity index (χ2n) is 6.56. The van der Waals surface area contributed by atoms with Gasteiger partial charge >= 0.3 is 0 Å². The molecule has 2 aliphatic rings. The number of carbonyl (C=O) groups excluding carboxylic acids is 1. The Hall–Kier alpha value is -2.51. The highest BCUT2D eigenvalue weighted by molar-refractivity contribution is 7.13. The number of fused-ring (bicyclic) bond motifs is 4. The van der Waals surface area contributed by atoms with Gasteiger partial charge in [0.1, 0.15) is 6.10 Å². The Bertz CT molecular complexity index is 993. The van der Waals surface area contributed by atoms with E-state index in [1.165, 1.54) is 22.5 Å². The maximum absolute atomic E-state index is 11.4. The van der Waals surface area contributed by atoms with Gasteiger partial charge < -0.3 is 15.4 Å². The van der Waals surface area contributed by atoms with Crippen molar-refractivity contribution in [1.29, 1.82) is 0 Å². The third kappa shape index (κ3) is 2.03. The highest BCUT2D eigenvalue weighted by atomic mass is 32.1. The van der Waals surface area contributed by atoms with Crippen LogP contribution in [0.25, 0.3) is 11.3 Å². The fraction of sp³-hybridized carbons (Fsp3) is 0.278. The predicted octanol–water partition coefficient (Wildman–Crippen LogP) is 2.30. The third-order valence-electron chi connectivity index (χ3n) is 5.26. The van der Waals surface area contributed by atoms with Crippen molar-refractivity contribution < 1.29 is 9.90 Å². The summed E-state index contributed by atoms with van der Waals surface area (Å²) in [6.45, 7) is 0. The molecule has 3 N–H and O–H groups in total. The molecule has 3 aromatic rings. The molecule has 0 bridgehead atoms. The molecule has 0 radical (unpaired) electrons. The first-order chi connectivity index (χ1) is 12.1. The van der Waals surface area contributed by atoms with E-state index in [4.69, 9.17) is 5.73 Å². The Morgan fingerprint density at radius 1 is 1.36 bits per heavy atom. The summed E-state index contributed by atoms with van der Waals surface area (Å²) >= 11 is 1.30. The number of hydrogen-bond acceptors (Lipinski definition) is 5. The largest absolute Gasteiger partial charge is 0.386 e. The lowest BCUT2D eigenvalue weighted by molar-refractivity contribution is 0.0690. The van der Waals surface area contributed by atoms with E-state index in [0.717, 1.165) is 23.4 Å². The van der Waals surface area contributed by atoms with Crippen LogP contribution in [0.1, 0.15) is 44.5 Å². The number of hydrogen-bond donors (Lipinski definition) is 2. The molecule has 6 nitrogen and oxygen atoms in total. The number of primary amides is 1. The van der Waals surface area contributed by atoms with E-state index in [9.17, 15) is 9.90 Å². The maximum Gasteiger partial charge on any atom is 0.277 e. The van der Waals surface area contributed by atoms with Crippen LogP contribution in [0.4, 0.5) is 0 Å². The van der Waals surface area contributed by atoms with Gasteiger partial charge in [-0.2, -0.15) is 0 Å². The van der Waals surface area contributed by atoms with Gasteiger partial charge in [0.15, 0.2) is 5.01 Å². The quantitative estimate of drug-likeness (QED) is 0.740. The number of nitrogens with two attached hydrogens (primary N) is 1. The standard InChI is InChI=1S/C18H16N4O2S/c19-17(24)18-21-14-13(25-18)6-5-11(16(14)23)15-10-4-2-1-3-9(10)12-7-20-8-22(12)15/h1-4,7-8,11,15-16,23H,5-6H2,(H2,19,24)/t11-,15-,16+/m1/s1. The summed E-state index contributed by atoms with van der Waals surface area (Å²) in [6, 6.07) is 8.28. The number of aromatic nitrogens is 3. The van der Waals surface area contributed by atoms with Gasteiger partial charge in [0, 0.05) is 16.4 Å². The molecule has 0 spiro atoms. The second-order valence-corrected chi connectivity index (χ2v) is 7.64. The Morgan fingerprint density at radius 2 is 2.20 bits per heavy atom. The van der Waals surface area contributed by atoms with Crippen molar-refractivity contribution in [2.45, 2.75) is 25.0 Å². The Labute approximate surface area is 148 Å². The lowest BCUT2D eigenvalue weighted by Crippen LogP contribution is -2.28. The normalized spacial score (nSPS) is 23.8. The number of aliphatic hydroxyl groups excluding tert-OH is 1. The zero-order valence-corrected chi connectivity index (χ0v) is 14.1. The van der Waals surface area contributed by atoms with Crippen LogP contribution in [0.2, 0.25) is 0 Å². The molecule has 0 unspecified atom stereocenters. The minimum atomic E-state index is -0.723. The van der Waals surface area contributed by atoms with Crippen LogP contribution < -0.4 is 5.73 Å². The molecular formula is C18H16N4O2S. The number of carbonyl (C=O) groups is 1. The summed E-state index contributed by atoms with van der Waals surface area (Å²) < 4.78 is 2.14. The fourth-order valence-electron chi connectivity index (χ4n) is 4.18. The Balaban J connectivity index is 1.59. The average molecular weight is 352 g/mol. The number of amides is 1. The zero-order chi connectivity index (χ0) is 17.1. The molecule has 0 fully saturated rings. The number of thiazole rings is 1. The van der Waals surface area contributed by atoms with Crippen LogP contribution in [-0.4, -0.2) is 25.5 Å². The Kier molecular flexibility index (Phi) is 3.10. The van der Waals surface area contributed by atoms with E-state index in [1.807, 2.05) is 24.7 Å². The molecule has 1 aliphatic carbocycles. The van der Waals surface area contributed by atoms with Gasteiger partial charge in [0.05, 0.1) is 30.0 Å². The van der Waals surface area contributed by atoms with Gasteiger partial charge in [0.25, 0.3) is 5.91 Å². The van der Waals surface area contributed by atoms with Crippen molar-refractivity contribution in [3.05, 3.63) is 57.9 Å². The third-order valence-corrected chi connectivity index (χ3v) is 6.40. The van der Waals surface area contributed by atoms with Crippen molar-refractivity contribution in [1.82, 2.24) is 14.5 Å². The molecule has 126 valence electrons. The summed E-state index contributed by atoms with van der Waals surface area (Å²) in [5.41, 5.74) is 9.42. The fourth-order valence-corrected chi connectivity index (χ4v) is 5.15. The van der Waals surface area contributed by atoms with Crippen molar-refractivity contribution in [2.24, 2.45) is 11.7 Å². The zero-order valence-electron chi connectivity index (χ0n) is 13.3. The molecule has 25 heavy (non-hydrogen) atoms. The molecule has 1 aliphatic heterocycles. The molecule has 3 heterocycles. The van der Waals surface area contributed by atoms with Gasteiger partial charge in [-0.3, -0.25) is 4.79 Å².